The molecule has 1 aromatic heterocycles. The van der Waals surface area contributed by atoms with Crippen molar-refractivity contribution in [3.05, 3.63) is 35.7 Å². The lowest BCUT2D eigenvalue weighted by molar-refractivity contribution is 0.425. The van der Waals surface area contributed by atoms with Crippen LogP contribution in [0.2, 0.25) is 0 Å². The van der Waals surface area contributed by atoms with Gasteiger partial charge in [-0.1, -0.05) is 23.4 Å². The Morgan fingerprint density at radius 1 is 1.41 bits per heavy atom. The smallest absolute Gasteiger partial charge is 0.258 e. The Balaban J connectivity index is 2.35. The Bertz CT molecular complexity index is 545. The maximum atomic E-state index is 8.76. The topological polar surface area (TPSA) is 62.7 Å². The minimum Gasteiger partial charge on any atom is -0.334 e. The number of rotatable bonds is 4. The predicted octanol–water partition coefficient (Wildman–Crippen LogP) is 2.67. The average Bonchev–Trinajstić information content (AvgIpc) is 2.79. The van der Waals surface area contributed by atoms with Crippen LogP contribution in [-0.2, 0) is 12.2 Å². The fraction of sp³-hybridized carbons (Fsp3) is 0.250. The highest BCUT2D eigenvalue weighted by Gasteiger charge is 2.11. The molecule has 17 heavy (non-hydrogen) atoms. The highest BCUT2D eigenvalue weighted by molar-refractivity contribution is 7.97. The number of thioether (sulfide) groups is 1. The van der Waals surface area contributed by atoms with Crippen molar-refractivity contribution in [3.63, 3.8) is 0 Å². The molecule has 86 valence electrons. The van der Waals surface area contributed by atoms with Gasteiger partial charge in [0.25, 0.3) is 5.89 Å². The summed E-state index contributed by atoms with van der Waals surface area (Å²) >= 11 is 1.64. The molecule has 0 saturated carbocycles. The number of benzene rings is 1. The third-order valence-electron chi connectivity index (χ3n) is 2.26. The van der Waals surface area contributed by atoms with E-state index in [4.69, 9.17) is 9.78 Å². The van der Waals surface area contributed by atoms with E-state index in [-0.39, 0.29) is 0 Å². The van der Waals surface area contributed by atoms with E-state index in [1.54, 1.807) is 11.8 Å². The minimum absolute atomic E-state index is 0.344. The first kappa shape index (κ1) is 11.7. The first-order chi connectivity index (χ1) is 8.35. The molecule has 0 radical (unpaired) electrons. The summed E-state index contributed by atoms with van der Waals surface area (Å²) in [5.74, 6) is 1.89. The van der Waals surface area contributed by atoms with Gasteiger partial charge in [-0.15, -0.1) is 0 Å². The van der Waals surface area contributed by atoms with Crippen LogP contribution in [0.25, 0.3) is 11.5 Å². The van der Waals surface area contributed by atoms with Crippen molar-refractivity contribution in [1.29, 1.82) is 5.26 Å². The lowest BCUT2D eigenvalue weighted by Crippen LogP contribution is -1.88. The van der Waals surface area contributed by atoms with E-state index >= 15 is 0 Å². The fourth-order valence-electron chi connectivity index (χ4n) is 1.52. The molecule has 1 heterocycles. The summed E-state index contributed by atoms with van der Waals surface area (Å²) in [4.78, 5) is 4.31. The molecule has 1 aromatic carbocycles. The van der Waals surface area contributed by atoms with Crippen LogP contribution in [0.3, 0.4) is 0 Å². The zero-order valence-electron chi connectivity index (χ0n) is 9.38. The van der Waals surface area contributed by atoms with Crippen LogP contribution in [0.1, 0.15) is 11.4 Å². The second-order valence-electron chi connectivity index (χ2n) is 3.44. The fourth-order valence-corrected chi connectivity index (χ4v) is 1.89. The van der Waals surface area contributed by atoms with Gasteiger partial charge >= 0.3 is 0 Å². The van der Waals surface area contributed by atoms with Crippen LogP contribution < -0.4 is 0 Å². The molecule has 0 aliphatic heterocycles. The molecule has 0 aliphatic rings. The third kappa shape index (κ3) is 2.66. The number of hydrogen-bond donors (Lipinski definition) is 0. The van der Waals surface area contributed by atoms with Gasteiger partial charge in [0, 0.05) is 5.56 Å². The molecule has 0 bridgehead atoms. The second kappa shape index (κ2) is 5.51. The van der Waals surface area contributed by atoms with Crippen molar-refractivity contribution >= 4 is 11.8 Å². The van der Waals surface area contributed by atoms with Crippen molar-refractivity contribution in [2.24, 2.45) is 0 Å². The van der Waals surface area contributed by atoms with Gasteiger partial charge in [0.1, 0.15) is 0 Å². The zero-order chi connectivity index (χ0) is 12.1. The van der Waals surface area contributed by atoms with Crippen LogP contribution in [-0.4, -0.2) is 16.4 Å². The van der Waals surface area contributed by atoms with Crippen molar-refractivity contribution in [3.8, 4) is 17.5 Å². The van der Waals surface area contributed by atoms with Gasteiger partial charge in [-0.3, -0.25) is 0 Å². The van der Waals surface area contributed by atoms with Gasteiger partial charge in [0.15, 0.2) is 5.82 Å². The van der Waals surface area contributed by atoms with Gasteiger partial charge in [-0.2, -0.15) is 22.0 Å². The Labute approximate surface area is 104 Å². The quantitative estimate of drug-likeness (QED) is 0.828. The van der Waals surface area contributed by atoms with Gasteiger partial charge in [0.2, 0.25) is 0 Å². The molecule has 0 aliphatic carbocycles. The molecule has 0 spiro atoms. The molecule has 0 unspecified atom stereocenters. The molecule has 0 amide bonds. The first-order valence-corrected chi connectivity index (χ1v) is 6.51. The van der Waals surface area contributed by atoms with E-state index in [1.165, 1.54) is 0 Å². The molecule has 5 heteroatoms. The maximum Gasteiger partial charge on any atom is 0.258 e. The monoisotopic (exact) mass is 245 g/mol. The van der Waals surface area contributed by atoms with E-state index in [0.717, 1.165) is 16.9 Å². The van der Waals surface area contributed by atoms with Gasteiger partial charge < -0.3 is 4.52 Å². The number of nitrogens with zero attached hydrogens (tertiary/aromatic N) is 3. The summed E-state index contributed by atoms with van der Waals surface area (Å²) < 4.78 is 5.21. The maximum absolute atomic E-state index is 8.76. The molecular formula is C12H11N3OS. The van der Waals surface area contributed by atoms with Gasteiger partial charge in [0.05, 0.1) is 18.2 Å². The summed E-state index contributed by atoms with van der Waals surface area (Å²) in [6.07, 6.45) is 2.33. The highest BCUT2D eigenvalue weighted by atomic mass is 32.2. The molecule has 0 N–H and O–H groups in total. The largest absolute Gasteiger partial charge is 0.334 e. The standard InChI is InChI=1S/C12H11N3OS/c1-17-8-11-14-12(16-15-11)10-5-3-2-4-9(10)6-7-13/h2-5H,6,8H2,1H3. The molecule has 0 atom stereocenters. The molecule has 2 aromatic rings. The van der Waals surface area contributed by atoms with Crippen molar-refractivity contribution in [1.82, 2.24) is 10.1 Å². The predicted molar refractivity (Wildman–Crippen MR) is 66.3 cm³/mol. The Morgan fingerprint density at radius 2 is 2.24 bits per heavy atom. The zero-order valence-corrected chi connectivity index (χ0v) is 10.2. The SMILES string of the molecule is CSCc1noc(-c2ccccc2CC#N)n1. The summed E-state index contributed by atoms with van der Waals surface area (Å²) in [6, 6.07) is 9.72. The summed E-state index contributed by atoms with van der Waals surface area (Å²) in [7, 11) is 0. The molecule has 4 nitrogen and oxygen atoms in total. The number of aromatic nitrogens is 2. The Hall–Kier alpha value is -1.80. The Morgan fingerprint density at radius 3 is 3.00 bits per heavy atom. The lowest BCUT2D eigenvalue weighted by atomic mass is 10.1. The molecule has 0 saturated heterocycles. The number of hydrogen-bond acceptors (Lipinski definition) is 5. The third-order valence-corrected chi connectivity index (χ3v) is 2.81. The van der Waals surface area contributed by atoms with E-state index < -0.39 is 0 Å². The van der Waals surface area contributed by atoms with E-state index in [1.807, 2.05) is 30.5 Å². The normalized spacial score (nSPS) is 10.1. The average molecular weight is 245 g/mol. The lowest BCUT2D eigenvalue weighted by Gasteiger charge is -2.00. The molecule has 0 fully saturated rings. The second-order valence-corrected chi connectivity index (χ2v) is 4.31. The molecular weight excluding hydrogens is 234 g/mol. The van der Waals surface area contributed by atoms with Crippen LogP contribution in [0.15, 0.2) is 28.8 Å². The van der Waals surface area contributed by atoms with E-state index in [9.17, 15) is 0 Å². The summed E-state index contributed by atoms with van der Waals surface area (Å²) in [5.41, 5.74) is 1.75. The van der Waals surface area contributed by atoms with Crippen LogP contribution >= 0.6 is 11.8 Å². The molecule has 2 rings (SSSR count). The first-order valence-electron chi connectivity index (χ1n) is 5.12. The van der Waals surface area contributed by atoms with Gasteiger partial charge in [-0.25, -0.2) is 0 Å². The van der Waals surface area contributed by atoms with Crippen molar-refractivity contribution in [2.45, 2.75) is 12.2 Å². The summed E-state index contributed by atoms with van der Waals surface area (Å²) in [5, 5.41) is 12.7. The Kier molecular flexibility index (Phi) is 3.78. The minimum atomic E-state index is 0.344. The van der Waals surface area contributed by atoms with Crippen molar-refractivity contribution in [2.75, 3.05) is 6.26 Å². The van der Waals surface area contributed by atoms with Crippen LogP contribution in [0, 0.1) is 11.3 Å². The van der Waals surface area contributed by atoms with Crippen LogP contribution in [0.4, 0.5) is 0 Å². The van der Waals surface area contributed by atoms with Gasteiger partial charge in [-0.05, 0) is 17.9 Å². The highest BCUT2D eigenvalue weighted by Crippen LogP contribution is 2.22. The van der Waals surface area contributed by atoms with Crippen molar-refractivity contribution < 1.29 is 4.52 Å². The van der Waals surface area contributed by atoms with E-state index in [0.29, 0.717) is 18.1 Å². The van der Waals surface area contributed by atoms with E-state index in [2.05, 4.69) is 16.2 Å². The summed E-state index contributed by atoms with van der Waals surface area (Å²) in [6.45, 7) is 0. The van der Waals surface area contributed by atoms with Crippen LogP contribution in [0.5, 0.6) is 0 Å². The number of nitriles is 1.